The minimum absolute atomic E-state index is 0.323. The Morgan fingerprint density at radius 1 is 1.78 bits per heavy atom. The fourth-order valence-corrected chi connectivity index (χ4v) is 1.02. The highest BCUT2D eigenvalue weighted by atomic mass is 16.2. The fraction of sp³-hybridized carbons (Fsp3) is 0.857. The van der Waals surface area contributed by atoms with Gasteiger partial charge in [0.25, 0.3) is 0 Å². The van der Waals surface area contributed by atoms with Crippen LogP contribution in [0.1, 0.15) is 26.7 Å². The van der Waals surface area contributed by atoms with E-state index in [2.05, 4.69) is 13.8 Å². The molecule has 1 unspecified atom stereocenters. The number of β-lactam (4-membered cyclic amide) rings is 1. The highest BCUT2D eigenvalue weighted by Gasteiger charge is 2.26. The van der Waals surface area contributed by atoms with Crippen molar-refractivity contribution in [3.05, 3.63) is 0 Å². The monoisotopic (exact) mass is 127 g/mol. The van der Waals surface area contributed by atoms with E-state index in [0.717, 1.165) is 19.4 Å². The van der Waals surface area contributed by atoms with Gasteiger partial charge in [-0.2, -0.15) is 0 Å². The summed E-state index contributed by atoms with van der Waals surface area (Å²) in [4.78, 5) is 12.7. The van der Waals surface area contributed by atoms with Crippen molar-refractivity contribution in [3.63, 3.8) is 0 Å². The van der Waals surface area contributed by atoms with Crippen LogP contribution in [0.3, 0.4) is 0 Å². The van der Waals surface area contributed by atoms with Crippen LogP contribution in [-0.2, 0) is 4.79 Å². The Morgan fingerprint density at radius 2 is 2.44 bits per heavy atom. The second kappa shape index (κ2) is 2.38. The van der Waals surface area contributed by atoms with E-state index in [0.29, 0.717) is 11.9 Å². The van der Waals surface area contributed by atoms with Gasteiger partial charge in [0.05, 0.1) is 0 Å². The largest absolute Gasteiger partial charge is 0.339 e. The molecule has 1 heterocycles. The summed E-state index contributed by atoms with van der Waals surface area (Å²) in [5.41, 5.74) is 0. The molecule has 0 saturated carbocycles. The Balaban J connectivity index is 2.34. The Bertz CT molecular complexity index is 122. The third-order valence-electron chi connectivity index (χ3n) is 2.01. The molecule has 0 aromatic rings. The van der Waals surface area contributed by atoms with Crippen LogP contribution < -0.4 is 0 Å². The van der Waals surface area contributed by atoms with Crippen LogP contribution in [0.25, 0.3) is 0 Å². The smallest absolute Gasteiger partial charge is 0.224 e. The molecule has 1 rings (SSSR count). The van der Waals surface area contributed by atoms with Gasteiger partial charge in [-0.05, 0) is 13.3 Å². The molecule has 0 aromatic carbocycles. The minimum atomic E-state index is 0.323. The molecule has 2 heteroatoms. The molecular weight excluding hydrogens is 114 g/mol. The molecule has 1 fully saturated rings. The van der Waals surface area contributed by atoms with Crippen molar-refractivity contribution >= 4 is 5.91 Å². The molecule has 1 amide bonds. The lowest BCUT2D eigenvalue weighted by molar-refractivity contribution is -0.142. The Kier molecular flexibility index (Phi) is 1.74. The number of rotatable bonds is 2. The standard InChI is InChI=1S/C7H13NO/c1-3-6(2)8-5-4-7(8)9/h6H,3-5H2,1-2H3. The van der Waals surface area contributed by atoms with Crippen molar-refractivity contribution in [2.24, 2.45) is 0 Å². The van der Waals surface area contributed by atoms with Crippen molar-refractivity contribution in [3.8, 4) is 0 Å². The number of nitrogens with zero attached hydrogens (tertiary/aromatic N) is 1. The first kappa shape index (κ1) is 6.59. The predicted molar refractivity (Wildman–Crippen MR) is 36.1 cm³/mol. The maximum Gasteiger partial charge on any atom is 0.224 e. The first-order chi connectivity index (χ1) is 4.25. The zero-order valence-electron chi connectivity index (χ0n) is 6.05. The second-order valence-corrected chi connectivity index (χ2v) is 2.59. The first-order valence-electron chi connectivity index (χ1n) is 3.55. The number of likely N-dealkylation sites (tertiary alicyclic amines) is 1. The van der Waals surface area contributed by atoms with E-state index in [1.54, 1.807) is 0 Å². The summed E-state index contributed by atoms with van der Waals surface area (Å²) in [6, 6.07) is 0.464. The van der Waals surface area contributed by atoms with Gasteiger partial charge < -0.3 is 4.90 Å². The maximum absolute atomic E-state index is 10.8. The molecule has 0 bridgehead atoms. The van der Waals surface area contributed by atoms with Crippen molar-refractivity contribution in [1.29, 1.82) is 0 Å². The van der Waals surface area contributed by atoms with Crippen molar-refractivity contribution in [2.75, 3.05) is 6.54 Å². The molecule has 0 aromatic heterocycles. The summed E-state index contributed by atoms with van der Waals surface area (Å²) < 4.78 is 0. The first-order valence-corrected chi connectivity index (χ1v) is 3.55. The molecule has 1 saturated heterocycles. The van der Waals surface area contributed by atoms with E-state index in [1.165, 1.54) is 0 Å². The lowest BCUT2D eigenvalue weighted by Gasteiger charge is -2.35. The van der Waals surface area contributed by atoms with Crippen LogP contribution in [0.5, 0.6) is 0 Å². The van der Waals surface area contributed by atoms with Crippen LogP contribution in [0.2, 0.25) is 0 Å². The number of hydrogen-bond donors (Lipinski definition) is 0. The van der Waals surface area contributed by atoms with Crippen LogP contribution in [-0.4, -0.2) is 23.4 Å². The highest BCUT2D eigenvalue weighted by Crippen LogP contribution is 2.14. The molecule has 9 heavy (non-hydrogen) atoms. The quantitative estimate of drug-likeness (QED) is 0.507. The third kappa shape index (κ3) is 1.07. The average Bonchev–Trinajstić information content (AvgIpc) is 1.84. The van der Waals surface area contributed by atoms with Crippen molar-refractivity contribution in [1.82, 2.24) is 4.90 Å². The minimum Gasteiger partial charge on any atom is -0.339 e. The molecular formula is C7H13NO. The van der Waals surface area contributed by atoms with Gasteiger partial charge in [-0.3, -0.25) is 4.79 Å². The molecule has 0 N–H and O–H groups in total. The number of hydrogen-bond acceptors (Lipinski definition) is 1. The molecule has 0 aliphatic carbocycles. The molecule has 0 radical (unpaired) electrons. The van der Waals surface area contributed by atoms with Crippen LogP contribution >= 0.6 is 0 Å². The molecule has 0 spiro atoms. The lowest BCUT2D eigenvalue weighted by atomic mass is 10.1. The van der Waals surface area contributed by atoms with E-state index in [-0.39, 0.29) is 0 Å². The van der Waals surface area contributed by atoms with Crippen LogP contribution in [0.15, 0.2) is 0 Å². The van der Waals surface area contributed by atoms with Gasteiger partial charge >= 0.3 is 0 Å². The highest BCUT2D eigenvalue weighted by molar-refractivity contribution is 5.81. The van der Waals surface area contributed by atoms with Gasteiger partial charge in [-0.1, -0.05) is 6.92 Å². The van der Waals surface area contributed by atoms with Crippen LogP contribution in [0.4, 0.5) is 0 Å². The van der Waals surface area contributed by atoms with Gasteiger partial charge in [0, 0.05) is 19.0 Å². The summed E-state index contributed by atoms with van der Waals surface area (Å²) in [6.45, 7) is 5.18. The lowest BCUT2D eigenvalue weighted by Crippen LogP contribution is -2.48. The van der Waals surface area contributed by atoms with E-state index in [4.69, 9.17) is 0 Å². The van der Waals surface area contributed by atoms with E-state index in [1.807, 2.05) is 4.90 Å². The fourth-order valence-electron chi connectivity index (χ4n) is 1.02. The second-order valence-electron chi connectivity index (χ2n) is 2.59. The summed E-state index contributed by atoms with van der Waals surface area (Å²) in [5, 5.41) is 0. The summed E-state index contributed by atoms with van der Waals surface area (Å²) >= 11 is 0. The SMILES string of the molecule is CCC(C)N1CCC1=O. The number of amides is 1. The van der Waals surface area contributed by atoms with Gasteiger partial charge in [0.1, 0.15) is 0 Å². The van der Waals surface area contributed by atoms with Crippen molar-refractivity contribution < 1.29 is 4.79 Å². The third-order valence-corrected chi connectivity index (χ3v) is 2.01. The van der Waals surface area contributed by atoms with Crippen LogP contribution in [0, 0.1) is 0 Å². The zero-order valence-corrected chi connectivity index (χ0v) is 6.05. The normalized spacial score (nSPS) is 21.6. The van der Waals surface area contributed by atoms with E-state index in [9.17, 15) is 4.79 Å². The molecule has 1 aliphatic rings. The average molecular weight is 127 g/mol. The summed E-state index contributed by atoms with van der Waals surface area (Å²) in [7, 11) is 0. The summed E-state index contributed by atoms with van der Waals surface area (Å²) in [6.07, 6.45) is 1.84. The molecule has 1 aliphatic heterocycles. The number of carbonyl (C=O) groups excluding carboxylic acids is 1. The Morgan fingerprint density at radius 3 is 2.56 bits per heavy atom. The maximum atomic E-state index is 10.8. The van der Waals surface area contributed by atoms with E-state index >= 15 is 0 Å². The summed E-state index contributed by atoms with van der Waals surface area (Å²) in [5.74, 6) is 0.323. The molecule has 52 valence electrons. The topological polar surface area (TPSA) is 20.3 Å². The Hall–Kier alpha value is -0.530. The number of carbonyl (C=O) groups is 1. The molecule has 2 nitrogen and oxygen atoms in total. The predicted octanol–water partition coefficient (Wildman–Crippen LogP) is 1.02. The van der Waals surface area contributed by atoms with Gasteiger partial charge in [0.15, 0.2) is 0 Å². The Labute approximate surface area is 55.8 Å². The van der Waals surface area contributed by atoms with Gasteiger partial charge in [0.2, 0.25) is 5.91 Å². The zero-order chi connectivity index (χ0) is 6.85. The van der Waals surface area contributed by atoms with Crippen molar-refractivity contribution in [2.45, 2.75) is 32.7 Å². The van der Waals surface area contributed by atoms with Gasteiger partial charge in [-0.15, -0.1) is 0 Å². The van der Waals surface area contributed by atoms with Gasteiger partial charge in [-0.25, -0.2) is 0 Å². The molecule has 1 atom stereocenters. The van der Waals surface area contributed by atoms with E-state index < -0.39 is 0 Å².